The van der Waals surface area contributed by atoms with Crippen molar-refractivity contribution in [1.29, 1.82) is 0 Å². The number of aliphatic hydroxyl groups excluding tert-OH is 1. The van der Waals surface area contributed by atoms with E-state index in [-0.39, 0.29) is 29.9 Å². The van der Waals surface area contributed by atoms with Gasteiger partial charge in [-0.15, -0.1) is 0 Å². The number of esters is 2. The molecule has 0 radical (unpaired) electrons. The first-order valence-electron chi connectivity index (χ1n) is 24.7. The van der Waals surface area contributed by atoms with Gasteiger partial charge in [0.25, 0.3) is 0 Å². The summed E-state index contributed by atoms with van der Waals surface area (Å²) in [5, 5.41) is 9.36. The summed E-state index contributed by atoms with van der Waals surface area (Å²) in [4.78, 5) is 28.6. The van der Waals surface area contributed by atoms with E-state index in [9.17, 15) is 14.7 Å². The molecule has 0 fully saturated rings. The van der Waals surface area contributed by atoms with E-state index in [1.165, 1.54) is 122 Å². The maximum Gasteiger partial charge on any atom is 0.311 e. The average molecular weight is 794 g/mol. The van der Waals surface area contributed by atoms with Gasteiger partial charge in [0, 0.05) is 6.61 Å². The number of nitrogens with zero attached hydrogens (tertiary/aromatic N) is 1. The summed E-state index contributed by atoms with van der Waals surface area (Å²) >= 11 is 0. The Balaban J connectivity index is 4.48. The van der Waals surface area contributed by atoms with E-state index in [1.807, 2.05) is 13.8 Å². The molecular weight excluding hydrogens is 695 g/mol. The van der Waals surface area contributed by atoms with E-state index in [0.717, 1.165) is 103 Å². The number of hydrogen-bond donors (Lipinski definition) is 1. The van der Waals surface area contributed by atoms with Crippen LogP contribution in [0, 0.1) is 16.7 Å². The molecule has 6 nitrogen and oxygen atoms in total. The van der Waals surface area contributed by atoms with Crippen LogP contribution in [-0.4, -0.2) is 61.4 Å². The normalized spacial score (nSPS) is 12.2. The summed E-state index contributed by atoms with van der Waals surface area (Å²) in [5.74, 6) is 0.0909. The molecule has 0 aromatic heterocycles. The van der Waals surface area contributed by atoms with Crippen molar-refractivity contribution in [3.05, 3.63) is 0 Å². The fourth-order valence-electron chi connectivity index (χ4n) is 7.85. The third kappa shape index (κ3) is 33.8. The quantitative estimate of drug-likeness (QED) is 0.0489. The van der Waals surface area contributed by atoms with Crippen LogP contribution in [0.25, 0.3) is 0 Å². The van der Waals surface area contributed by atoms with Crippen LogP contribution in [0.15, 0.2) is 0 Å². The summed E-state index contributed by atoms with van der Waals surface area (Å²) in [6.07, 6.45) is 37.8. The average Bonchev–Trinajstić information content (AvgIpc) is 3.17. The number of rotatable bonds is 43. The third-order valence-corrected chi connectivity index (χ3v) is 12.0. The van der Waals surface area contributed by atoms with Crippen molar-refractivity contribution in [2.75, 3.05) is 39.5 Å². The first-order valence-corrected chi connectivity index (χ1v) is 24.7. The minimum Gasteiger partial charge on any atom is -0.465 e. The van der Waals surface area contributed by atoms with Gasteiger partial charge in [-0.3, -0.25) is 9.59 Å². The number of ether oxygens (including phenoxy) is 2. The van der Waals surface area contributed by atoms with Crippen LogP contribution in [-0.2, 0) is 19.1 Å². The zero-order valence-corrected chi connectivity index (χ0v) is 39.0. The topological polar surface area (TPSA) is 76.1 Å². The minimum absolute atomic E-state index is 0.000181. The van der Waals surface area contributed by atoms with Gasteiger partial charge in [0.15, 0.2) is 0 Å². The van der Waals surface area contributed by atoms with Crippen molar-refractivity contribution >= 4 is 11.9 Å². The maximum atomic E-state index is 13.3. The third-order valence-electron chi connectivity index (χ3n) is 12.0. The predicted molar refractivity (Wildman–Crippen MR) is 241 cm³/mol. The molecule has 0 amide bonds. The Kier molecular flexibility index (Phi) is 37.3. The molecule has 0 aliphatic rings. The molecule has 6 heteroatoms. The highest BCUT2D eigenvalue weighted by atomic mass is 16.5. The molecule has 0 rings (SSSR count). The highest BCUT2D eigenvalue weighted by Gasteiger charge is 2.28. The van der Waals surface area contributed by atoms with Gasteiger partial charge in [-0.05, 0) is 96.7 Å². The zero-order chi connectivity index (χ0) is 41.6. The van der Waals surface area contributed by atoms with Crippen LogP contribution in [0.2, 0.25) is 0 Å². The Morgan fingerprint density at radius 1 is 0.500 bits per heavy atom. The molecule has 0 bridgehead atoms. The fourth-order valence-corrected chi connectivity index (χ4v) is 7.85. The largest absolute Gasteiger partial charge is 0.465 e. The molecule has 0 aliphatic carbocycles. The van der Waals surface area contributed by atoms with Crippen LogP contribution < -0.4 is 0 Å². The highest BCUT2D eigenvalue weighted by molar-refractivity contribution is 5.75. The smallest absolute Gasteiger partial charge is 0.311 e. The van der Waals surface area contributed by atoms with Gasteiger partial charge in [-0.2, -0.15) is 0 Å². The zero-order valence-electron chi connectivity index (χ0n) is 39.0. The van der Waals surface area contributed by atoms with Crippen LogP contribution in [0.1, 0.15) is 254 Å². The van der Waals surface area contributed by atoms with E-state index in [1.54, 1.807) is 0 Å². The van der Waals surface area contributed by atoms with Gasteiger partial charge in [0.1, 0.15) is 0 Å². The van der Waals surface area contributed by atoms with E-state index in [0.29, 0.717) is 13.2 Å². The Morgan fingerprint density at radius 2 is 0.911 bits per heavy atom. The van der Waals surface area contributed by atoms with E-state index < -0.39 is 5.41 Å². The van der Waals surface area contributed by atoms with E-state index in [4.69, 9.17) is 9.47 Å². The molecule has 1 N–H and O–H groups in total. The van der Waals surface area contributed by atoms with Gasteiger partial charge in [0.05, 0.1) is 24.5 Å². The second-order valence-electron chi connectivity index (χ2n) is 19.0. The van der Waals surface area contributed by atoms with Crippen LogP contribution in [0.4, 0.5) is 0 Å². The van der Waals surface area contributed by atoms with Crippen molar-refractivity contribution in [3.8, 4) is 0 Å². The van der Waals surface area contributed by atoms with Crippen LogP contribution >= 0.6 is 0 Å². The molecule has 0 saturated heterocycles. The predicted octanol–water partition coefficient (Wildman–Crippen LogP) is 14.6. The highest BCUT2D eigenvalue weighted by Crippen LogP contribution is 2.28. The molecule has 0 aromatic carbocycles. The molecular formula is C50H99NO5. The lowest BCUT2D eigenvalue weighted by atomic mass is 9.87. The fraction of sp³-hybridized carbons (Fsp3) is 0.960. The maximum absolute atomic E-state index is 13.3. The molecule has 0 aromatic rings. The number of unbranched alkanes of at least 4 members (excludes halogenated alkanes) is 22. The van der Waals surface area contributed by atoms with Gasteiger partial charge in [-0.1, -0.05) is 182 Å². The van der Waals surface area contributed by atoms with Crippen molar-refractivity contribution in [2.24, 2.45) is 16.7 Å². The van der Waals surface area contributed by atoms with Crippen molar-refractivity contribution < 1.29 is 24.2 Å². The summed E-state index contributed by atoms with van der Waals surface area (Å²) in [5.41, 5.74) is -0.406. The van der Waals surface area contributed by atoms with Gasteiger partial charge in [-0.25, -0.2) is 0 Å². The lowest BCUT2D eigenvalue weighted by molar-refractivity contribution is -0.154. The summed E-state index contributed by atoms with van der Waals surface area (Å²) in [6, 6.07) is 0. The minimum atomic E-state index is -0.406. The van der Waals surface area contributed by atoms with Crippen molar-refractivity contribution in [2.45, 2.75) is 254 Å². The molecule has 0 spiro atoms. The standard InChI is InChI=1S/C50H99NO5/c1-8-11-14-17-20-25-35-44-55-48(54)50(6,7)39-30-23-24-31-40-51(42-33-34-43-52)41-32-26-29-38-49(4,5)45-56-47(53)46(36-27-21-18-15-12-9-2)37-28-22-19-16-13-10-3/h46,52H,8-45H2,1-7H3. The Bertz CT molecular complexity index is 858. The lowest BCUT2D eigenvalue weighted by Crippen LogP contribution is -2.28. The number of carbonyl (C=O) groups excluding carboxylic acids is 2. The number of aliphatic hydroxyl groups is 1. The first-order chi connectivity index (χ1) is 27.0. The SMILES string of the molecule is CCCCCCCCCOC(=O)C(C)(C)CCCCCCN(CCCCO)CCCCCC(C)(C)COC(=O)C(CCCCCCCC)CCCCCCCC. The Labute approximate surface area is 350 Å². The first kappa shape index (κ1) is 54.9. The van der Waals surface area contributed by atoms with Gasteiger partial charge >= 0.3 is 11.9 Å². The molecule has 334 valence electrons. The van der Waals surface area contributed by atoms with Crippen LogP contribution in [0.3, 0.4) is 0 Å². The summed E-state index contributed by atoms with van der Waals surface area (Å²) < 4.78 is 11.7. The number of carbonyl (C=O) groups is 2. The second kappa shape index (κ2) is 38.1. The van der Waals surface area contributed by atoms with Gasteiger partial charge in [0.2, 0.25) is 0 Å². The Morgan fingerprint density at radius 3 is 1.43 bits per heavy atom. The van der Waals surface area contributed by atoms with Gasteiger partial charge < -0.3 is 19.5 Å². The van der Waals surface area contributed by atoms with Crippen molar-refractivity contribution in [3.63, 3.8) is 0 Å². The number of hydrogen-bond acceptors (Lipinski definition) is 6. The van der Waals surface area contributed by atoms with Crippen LogP contribution in [0.5, 0.6) is 0 Å². The summed E-state index contributed by atoms with van der Waals surface area (Å²) in [7, 11) is 0. The monoisotopic (exact) mass is 794 g/mol. The van der Waals surface area contributed by atoms with E-state index in [2.05, 4.69) is 39.5 Å². The molecule has 0 aliphatic heterocycles. The summed E-state index contributed by atoms with van der Waals surface area (Å²) in [6.45, 7) is 20.0. The molecule has 0 saturated carbocycles. The lowest BCUT2D eigenvalue weighted by Gasteiger charge is -2.26. The van der Waals surface area contributed by atoms with E-state index >= 15 is 0 Å². The molecule has 0 atom stereocenters. The Hall–Kier alpha value is -1.14. The van der Waals surface area contributed by atoms with Crippen molar-refractivity contribution in [1.82, 2.24) is 4.90 Å². The molecule has 0 unspecified atom stereocenters. The second-order valence-corrected chi connectivity index (χ2v) is 19.0. The molecule has 56 heavy (non-hydrogen) atoms. The molecule has 0 heterocycles.